The number of hydrogen-bond donors (Lipinski definition) is 2. The maximum atomic E-state index is 9.83. The lowest BCUT2D eigenvalue weighted by atomic mass is 9.91. The normalized spacial score (nSPS) is 11.5. The van der Waals surface area contributed by atoms with Crippen LogP contribution in [0, 0.1) is 0 Å². The van der Waals surface area contributed by atoms with Crippen LogP contribution in [-0.4, -0.2) is 10.2 Å². The van der Waals surface area contributed by atoms with Crippen LogP contribution in [0.25, 0.3) is 32.3 Å². The molecule has 2 N–H and O–H groups in total. The SMILES string of the molecule is OCc1cc2c3ccccc3cc(CO)c2c2ccccc12. The van der Waals surface area contributed by atoms with E-state index in [0.717, 1.165) is 43.4 Å². The molecule has 4 aromatic carbocycles. The van der Waals surface area contributed by atoms with Gasteiger partial charge in [-0.15, -0.1) is 0 Å². The number of aliphatic hydroxyl groups is 2. The third-order valence-electron chi connectivity index (χ3n) is 4.37. The third-order valence-corrected chi connectivity index (χ3v) is 4.37. The fraction of sp³-hybridized carbons (Fsp3) is 0.100. The Labute approximate surface area is 128 Å². The lowest BCUT2D eigenvalue weighted by Crippen LogP contribution is -1.93. The fourth-order valence-electron chi connectivity index (χ4n) is 3.39. The fourth-order valence-corrected chi connectivity index (χ4v) is 3.39. The van der Waals surface area contributed by atoms with Crippen molar-refractivity contribution >= 4 is 32.3 Å². The van der Waals surface area contributed by atoms with Crippen molar-refractivity contribution in [2.45, 2.75) is 13.2 Å². The summed E-state index contributed by atoms with van der Waals surface area (Å²) >= 11 is 0. The second-order valence-corrected chi connectivity index (χ2v) is 5.58. The molecule has 4 rings (SSSR count). The third kappa shape index (κ3) is 1.82. The minimum Gasteiger partial charge on any atom is -0.392 e. The quantitative estimate of drug-likeness (QED) is 0.544. The van der Waals surface area contributed by atoms with Crippen LogP contribution in [0.4, 0.5) is 0 Å². The highest BCUT2D eigenvalue weighted by atomic mass is 16.3. The van der Waals surface area contributed by atoms with Gasteiger partial charge in [0.25, 0.3) is 0 Å². The van der Waals surface area contributed by atoms with Crippen molar-refractivity contribution in [3.8, 4) is 0 Å². The van der Waals surface area contributed by atoms with Gasteiger partial charge in [-0.2, -0.15) is 0 Å². The van der Waals surface area contributed by atoms with Gasteiger partial charge in [0, 0.05) is 0 Å². The molecule has 0 atom stereocenters. The number of aliphatic hydroxyl groups excluding tert-OH is 2. The molecule has 0 aliphatic rings. The Morgan fingerprint density at radius 3 is 1.95 bits per heavy atom. The molecule has 0 spiro atoms. The van der Waals surface area contributed by atoms with Crippen LogP contribution in [0.5, 0.6) is 0 Å². The first-order valence-electron chi connectivity index (χ1n) is 7.40. The predicted octanol–water partition coefficient (Wildman–Crippen LogP) is 4.13. The minimum atomic E-state index is 0.00377. The van der Waals surface area contributed by atoms with Gasteiger partial charge in [0.05, 0.1) is 13.2 Å². The van der Waals surface area contributed by atoms with Gasteiger partial charge in [-0.05, 0) is 55.6 Å². The Morgan fingerprint density at radius 2 is 1.23 bits per heavy atom. The summed E-state index contributed by atoms with van der Waals surface area (Å²) in [5, 5.41) is 26.1. The Hall–Kier alpha value is -2.42. The molecule has 0 radical (unpaired) electrons. The van der Waals surface area contributed by atoms with Gasteiger partial charge in [0.2, 0.25) is 0 Å². The molecule has 2 heteroatoms. The molecule has 0 heterocycles. The maximum absolute atomic E-state index is 9.83. The van der Waals surface area contributed by atoms with Gasteiger partial charge in [-0.3, -0.25) is 0 Å². The average molecular weight is 288 g/mol. The topological polar surface area (TPSA) is 40.5 Å². The number of benzene rings is 4. The summed E-state index contributed by atoms with van der Waals surface area (Å²) in [5.74, 6) is 0. The molecule has 0 saturated carbocycles. The first kappa shape index (κ1) is 13.3. The van der Waals surface area contributed by atoms with E-state index in [1.54, 1.807) is 0 Å². The molecule has 22 heavy (non-hydrogen) atoms. The molecular formula is C20H16O2. The standard InChI is InChI=1S/C20H16O2/c21-11-14-10-19-16-6-2-1-5-13(16)9-15(12-22)20(19)18-8-4-3-7-17(14)18/h1-10,21-22H,11-12H2. The predicted molar refractivity (Wildman–Crippen MR) is 90.8 cm³/mol. The second-order valence-electron chi connectivity index (χ2n) is 5.58. The summed E-state index contributed by atoms with van der Waals surface area (Å²) in [7, 11) is 0. The van der Waals surface area contributed by atoms with Crippen LogP contribution >= 0.6 is 0 Å². The number of rotatable bonds is 2. The van der Waals surface area contributed by atoms with E-state index >= 15 is 0 Å². The molecule has 0 bridgehead atoms. The monoisotopic (exact) mass is 288 g/mol. The molecule has 0 unspecified atom stereocenters. The molecular weight excluding hydrogens is 272 g/mol. The van der Waals surface area contributed by atoms with Crippen LogP contribution in [-0.2, 0) is 13.2 Å². The Morgan fingerprint density at radius 1 is 0.591 bits per heavy atom. The minimum absolute atomic E-state index is 0.00377. The molecule has 0 saturated heterocycles. The lowest BCUT2D eigenvalue weighted by molar-refractivity contribution is 0.283. The smallest absolute Gasteiger partial charge is 0.0688 e. The van der Waals surface area contributed by atoms with Crippen molar-refractivity contribution in [1.82, 2.24) is 0 Å². The van der Waals surface area contributed by atoms with Crippen LogP contribution in [0.2, 0.25) is 0 Å². The first-order chi connectivity index (χ1) is 10.8. The highest BCUT2D eigenvalue weighted by Crippen LogP contribution is 2.36. The largest absolute Gasteiger partial charge is 0.392 e. The van der Waals surface area contributed by atoms with Crippen molar-refractivity contribution in [3.05, 3.63) is 71.8 Å². The van der Waals surface area contributed by atoms with Crippen molar-refractivity contribution in [3.63, 3.8) is 0 Å². The highest BCUT2D eigenvalue weighted by Gasteiger charge is 2.12. The first-order valence-corrected chi connectivity index (χ1v) is 7.40. The van der Waals surface area contributed by atoms with E-state index < -0.39 is 0 Å². The zero-order valence-electron chi connectivity index (χ0n) is 12.1. The van der Waals surface area contributed by atoms with Gasteiger partial charge >= 0.3 is 0 Å². The van der Waals surface area contributed by atoms with Crippen LogP contribution < -0.4 is 0 Å². The van der Waals surface area contributed by atoms with Gasteiger partial charge < -0.3 is 10.2 Å². The molecule has 0 aliphatic heterocycles. The van der Waals surface area contributed by atoms with Crippen molar-refractivity contribution < 1.29 is 10.2 Å². The zero-order chi connectivity index (χ0) is 15.1. The number of hydrogen-bond acceptors (Lipinski definition) is 2. The zero-order valence-corrected chi connectivity index (χ0v) is 12.1. The summed E-state index contributed by atoms with van der Waals surface area (Å²) in [4.78, 5) is 0. The van der Waals surface area contributed by atoms with Gasteiger partial charge in [-0.25, -0.2) is 0 Å². The van der Waals surface area contributed by atoms with Crippen molar-refractivity contribution in [2.24, 2.45) is 0 Å². The van der Waals surface area contributed by atoms with Crippen molar-refractivity contribution in [2.75, 3.05) is 0 Å². The van der Waals surface area contributed by atoms with E-state index in [1.165, 1.54) is 0 Å². The van der Waals surface area contributed by atoms with E-state index in [4.69, 9.17) is 0 Å². The van der Waals surface area contributed by atoms with Crippen molar-refractivity contribution in [1.29, 1.82) is 0 Å². The van der Waals surface area contributed by atoms with E-state index in [0.29, 0.717) is 0 Å². The van der Waals surface area contributed by atoms with Crippen LogP contribution in [0.3, 0.4) is 0 Å². The molecule has 108 valence electrons. The molecule has 4 aromatic rings. The Bertz CT molecular complexity index is 1000. The molecule has 0 aromatic heterocycles. The van der Waals surface area contributed by atoms with Gasteiger partial charge in [0.1, 0.15) is 0 Å². The molecule has 0 aliphatic carbocycles. The lowest BCUT2D eigenvalue weighted by Gasteiger charge is -2.14. The van der Waals surface area contributed by atoms with E-state index in [9.17, 15) is 10.2 Å². The average Bonchev–Trinajstić information content (AvgIpc) is 2.59. The summed E-state index contributed by atoms with van der Waals surface area (Å²) < 4.78 is 0. The van der Waals surface area contributed by atoms with Crippen LogP contribution in [0.15, 0.2) is 60.7 Å². The molecule has 2 nitrogen and oxygen atoms in total. The second kappa shape index (κ2) is 5.09. The Balaban J connectivity index is 2.34. The Kier molecular flexibility index (Phi) is 3.07. The maximum Gasteiger partial charge on any atom is 0.0688 e. The summed E-state index contributed by atoms with van der Waals surface area (Å²) in [5.41, 5.74) is 1.85. The number of fused-ring (bicyclic) bond motifs is 5. The molecule has 0 amide bonds. The summed E-state index contributed by atoms with van der Waals surface area (Å²) in [6.45, 7) is 0.0118. The highest BCUT2D eigenvalue weighted by molar-refractivity contribution is 6.19. The van der Waals surface area contributed by atoms with E-state index in [-0.39, 0.29) is 13.2 Å². The van der Waals surface area contributed by atoms with E-state index in [2.05, 4.69) is 30.3 Å². The van der Waals surface area contributed by atoms with Gasteiger partial charge in [-0.1, -0.05) is 48.5 Å². The molecule has 0 fully saturated rings. The summed E-state index contributed by atoms with van der Waals surface area (Å²) in [6, 6.07) is 20.4. The van der Waals surface area contributed by atoms with Crippen LogP contribution in [0.1, 0.15) is 11.1 Å². The van der Waals surface area contributed by atoms with Gasteiger partial charge in [0.15, 0.2) is 0 Å². The summed E-state index contributed by atoms with van der Waals surface area (Å²) in [6.07, 6.45) is 0. The van der Waals surface area contributed by atoms with E-state index in [1.807, 2.05) is 30.3 Å².